The van der Waals surface area contributed by atoms with E-state index in [0.717, 1.165) is 12.1 Å². The van der Waals surface area contributed by atoms with Crippen LogP contribution in [0, 0.1) is 0 Å². The lowest BCUT2D eigenvalue weighted by molar-refractivity contribution is -0.137. The molecule has 0 saturated carbocycles. The predicted octanol–water partition coefficient (Wildman–Crippen LogP) is 1.22. The Morgan fingerprint density at radius 3 is 2.47 bits per heavy atom. The number of nitrogens with one attached hydrogen (secondary N) is 1. The van der Waals surface area contributed by atoms with Gasteiger partial charge in [0.05, 0.1) is 17.8 Å². The van der Waals surface area contributed by atoms with Crippen molar-refractivity contribution >= 4 is 17.6 Å². The Morgan fingerprint density at radius 1 is 1.32 bits per heavy atom. The third-order valence-corrected chi connectivity index (χ3v) is 2.69. The molecule has 102 valence electrons. The SMILES string of the molecule is NCc1ccc(N2C(=O)CNC2=O)c(C(F)(F)F)c1. The largest absolute Gasteiger partial charge is 0.418 e. The first-order valence-corrected chi connectivity index (χ1v) is 5.35. The molecule has 1 aromatic rings. The topological polar surface area (TPSA) is 75.4 Å². The third kappa shape index (κ3) is 2.39. The van der Waals surface area contributed by atoms with Crippen molar-refractivity contribution in [3.05, 3.63) is 29.3 Å². The van der Waals surface area contributed by atoms with Crippen molar-refractivity contribution in [3.8, 4) is 0 Å². The van der Waals surface area contributed by atoms with Crippen molar-refractivity contribution in [2.75, 3.05) is 11.4 Å². The molecule has 19 heavy (non-hydrogen) atoms. The van der Waals surface area contributed by atoms with Crippen molar-refractivity contribution in [1.29, 1.82) is 0 Å². The van der Waals surface area contributed by atoms with E-state index >= 15 is 0 Å². The van der Waals surface area contributed by atoms with Crippen LogP contribution in [0.25, 0.3) is 0 Å². The normalized spacial score (nSPS) is 15.9. The number of hydrogen-bond donors (Lipinski definition) is 2. The third-order valence-electron chi connectivity index (χ3n) is 2.69. The number of imide groups is 1. The molecule has 1 aliphatic rings. The number of benzene rings is 1. The molecule has 0 aromatic heterocycles. The Bertz CT molecular complexity index is 526. The van der Waals surface area contributed by atoms with E-state index < -0.39 is 29.4 Å². The van der Waals surface area contributed by atoms with Gasteiger partial charge in [-0.2, -0.15) is 13.2 Å². The molecule has 0 spiro atoms. The molecule has 3 amide bonds. The Kier molecular flexibility index (Phi) is 3.19. The van der Waals surface area contributed by atoms with E-state index in [1.165, 1.54) is 6.07 Å². The summed E-state index contributed by atoms with van der Waals surface area (Å²) < 4.78 is 38.9. The second-order valence-electron chi connectivity index (χ2n) is 3.94. The van der Waals surface area contributed by atoms with Gasteiger partial charge < -0.3 is 11.1 Å². The Labute approximate surface area is 106 Å². The molecule has 0 aliphatic carbocycles. The number of rotatable bonds is 2. The highest BCUT2D eigenvalue weighted by Gasteiger charge is 2.40. The van der Waals surface area contributed by atoms with E-state index in [1.807, 2.05) is 0 Å². The van der Waals surface area contributed by atoms with Crippen LogP contribution in [0.4, 0.5) is 23.7 Å². The quantitative estimate of drug-likeness (QED) is 0.795. The van der Waals surface area contributed by atoms with E-state index in [9.17, 15) is 22.8 Å². The minimum absolute atomic E-state index is 0.0660. The van der Waals surface area contributed by atoms with Crippen molar-refractivity contribution < 1.29 is 22.8 Å². The standard InChI is InChI=1S/C11H10F3N3O2/c12-11(13,14)7-3-6(4-15)1-2-8(7)17-9(18)5-16-10(17)19/h1-3H,4-5,15H2,(H,16,19). The highest BCUT2D eigenvalue weighted by atomic mass is 19.4. The number of amides is 3. The van der Waals surface area contributed by atoms with Crippen LogP contribution < -0.4 is 16.0 Å². The zero-order valence-corrected chi connectivity index (χ0v) is 9.62. The fraction of sp³-hybridized carbons (Fsp3) is 0.273. The molecule has 8 heteroatoms. The Hall–Kier alpha value is -2.09. The summed E-state index contributed by atoms with van der Waals surface area (Å²) in [5, 5.41) is 2.17. The van der Waals surface area contributed by atoms with Crippen molar-refractivity contribution in [2.45, 2.75) is 12.7 Å². The minimum Gasteiger partial charge on any atom is -0.328 e. The highest BCUT2D eigenvalue weighted by Crippen LogP contribution is 2.37. The van der Waals surface area contributed by atoms with Gasteiger partial charge >= 0.3 is 12.2 Å². The lowest BCUT2D eigenvalue weighted by Gasteiger charge is -2.19. The van der Waals surface area contributed by atoms with Gasteiger partial charge in [0.1, 0.15) is 0 Å². The number of halogens is 3. The van der Waals surface area contributed by atoms with Crippen LogP contribution >= 0.6 is 0 Å². The fourth-order valence-corrected chi connectivity index (χ4v) is 1.80. The average molecular weight is 273 g/mol. The van der Waals surface area contributed by atoms with Crippen molar-refractivity contribution in [2.24, 2.45) is 5.73 Å². The van der Waals surface area contributed by atoms with Crippen molar-refractivity contribution in [1.82, 2.24) is 5.32 Å². The molecule has 2 rings (SSSR count). The molecule has 0 bridgehead atoms. The second-order valence-corrected chi connectivity index (χ2v) is 3.94. The van der Waals surface area contributed by atoms with Gasteiger partial charge in [-0.05, 0) is 17.7 Å². The maximum absolute atomic E-state index is 13.0. The number of anilines is 1. The molecule has 1 aromatic carbocycles. The maximum atomic E-state index is 13.0. The smallest absolute Gasteiger partial charge is 0.328 e. The first-order chi connectivity index (χ1) is 8.84. The molecule has 1 saturated heterocycles. The van der Waals surface area contributed by atoms with E-state index in [2.05, 4.69) is 5.32 Å². The Balaban J connectivity index is 2.56. The molecule has 1 fully saturated rings. The van der Waals surface area contributed by atoms with Crippen LogP contribution in [0.5, 0.6) is 0 Å². The lowest BCUT2D eigenvalue weighted by Crippen LogP contribution is -2.32. The van der Waals surface area contributed by atoms with E-state index in [1.54, 1.807) is 0 Å². The van der Waals surface area contributed by atoms with Gasteiger partial charge in [-0.25, -0.2) is 9.69 Å². The first-order valence-electron chi connectivity index (χ1n) is 5.35. The molecule has 1 heterocycles. The van der Waals surface area contributed by atoms with E-state index in [4.69, 9.17) is 5.73 Å². The van der Waals surface area contributed by atoms with Gasteiger partial charge in [0.2, 0.25) is 0 Å². The number of alkyl halides is 3. The van der Waals surface area contributed by atoms with E-state index in [0.29, 0.717) is 4.90 Å². The van der Waals surface area contributed by atoms with Gasteiger partial charge in [-0.15, -0.1) is 0 Å². The number of nitrogens with zero attached hydrogens (tertiary/aromatic N) is 1. The summed E-state index contributed by atoms with van der Waals surface area (Å²) in [6.45, 7) is -0.377. The van der Waals surface area contributed by atoms with E-state index in [-0.39, 0.29) is 18.7 Å². The van der Waals surface area contributed by atoms with Gasteiger partial charge in [-0.3, -0.25) is 4.79 Å². The summed E-state index contributed by atoms with van der Waals surface area (Å²) in [6.07, 6.45) is -4.68. The van der Waals surface area contributed by atoms with Gasteiger partial charge in [0, 0.05) is 6.54 Å². The molecule has 3 N–H and O–H groups in total. The van der Waals surface area contributed by atoms with Crippen molar-refractivity contribution in [3.63, 3.8) is 0 Å². The average Bonchev–Trinajstić information content (AvgIpc) is 2.67. The molecule has 0 atom stereocenters. The van der Waals surface area contributed by atoms with Crippen LogP contribution in [0.2, 0.25) is 0 Å². The van der Waals surface area contributed by atoms with Gasteiger partial charge in [0.25, 0.3) is 5.91 Å². The molecule has 0 unspecified atom stereocenters. The minimum atomic E-state index is -4.68. The first kappa shape index (κ1) is 13.3. The number of carbonyl (C=O) groups is 2. The van der Waals surface area contributed by atoms with Crippen LogP contribution in [0.15, 0.2) is 18.2 Å². The lowest BCUT2D eigenvalue weighted by atomic mass is 10.1. The summed E-state index contributed by atoms with van der Waals surface area (Å²) in [5.41, 5.74) is 4.02. The molecule has 0 radical (unpaired) electrons. The molecule has 1 aliphatic heterocycles. The zero-order valence-electron chi connectivity index (χ0n) is 9.62. The number of urea groups is 1. The van der Waals surface area contributed by atoms with Crippen LogP contribution in [0.3, 0.4) is 0 Å². The summed E-state index contributed by atoms with van der Waals surface area (Å²) in [4.78, 5) is 23.4. The van der Waals surface area contributed by atoms with Crippen LogP contribution in [-0.2, 0) is 17.5 Å². The van der Waals surface area contributed by atoms with Gasteiger partial charge in [0.15, 0.2) is 0 Å². The summed E-state index contributed by atoms with van der Waals surface area (Å²) >= 11 is 0. The zero-order chi connectivity index (χ0) is 14.2. The maximum Gasteiger partial charge on any atom is 0.418 e. The summed E-state index contributed by atoms with van der Waals surface area (Å²) in [6, 6.07) is 2.40. The fourth-order valence-electron chi connectivity index (χ4n) is 1.80. The molecular formula is C11H10F3N3O2. The summed E-state index contributed by atoms with van der Waals surface area (Å²) in [7, 11) is 0. The predicted molar refractivity (Wildman–Crippen MR) is 60.2 cm³/mol. The van der Waals surface area contributed by atoms with Gasteiger partial charge in [-0.1, -0.05) is 6.07 Å². The van der Waals surface area contributed by atoms with Crippen LogP contribution in [0.1, 0.15) is 11.1 Å². The number of hydrogen-bond acceptors (Lipinski definition) is 3. The number of nitrogens with two attached hydrogens (primary N) is 1. The van der Waals surface area contributed by atoms with Crippen LogP contribution in [-0.4, -0.2) is 18.5 Å². The number of carbonyl (C=O) groups excluding carboxylic acids is 2. The monoisotopic (exact) mass is 273 g/mol. The highest BCUT2D eigenvalue weighted by molar-refractivity contribution is 6.20. The molecule has 5 nitrogen and oxygen atoms in total. The second kappa shape index (κ2) is 4.54. The molecular weight excluding hydrogens is 263 g/mol. The Morgan fingerprint density at radius 2 is 2.00 bits per heavy atom. The summed E-state index contributed by atoms with van der Waals surface area (Å²) in [5.74, 6) is -0.726.